The molecule has 1 unspecified atom stereocenters. The van der Waals surface area contributed by atoms with Gasteiger partial charge in [0.15, 0.2) is 5.66 Å². The summed E-state index contributed by atoms with van der Waals surface area (Å²) in [7, 11) is 0. The van der Waals surface area contributed by atoms with Crippen LogP contribution in [0.25, 0.3) is 21.5 Å². The first kappa shape index (κ1) is 17.3. The Labute approximate surface area is 162 Å². The van der Waals surface area contributed by atoms with E-state index < -0.39 is 11.3 Å². The third-order valence-corrected chi connectivity index (χ3v) is 6.37. The van der Waals surface area contributed by atoms with Crippen LogP contribution >= 0.6 is 0 Å². The molecule has 6 heteroatoms. The van der Waals surface area contributed by atoms with Gasteiger partial charge in [0.25, 0.3) is 0 Å². The van der Waals surface area contributed by atoms with Crippen molar-refractivity contribution in [1.29, 1.82) is 0 Å². The van der Waals surface area contributed by atoms with Crippen molar-refractivity contribution >= 4 is 27.2 Å². The third-order valence-electron chi connectivity index (χ3n) is 6.37. The number of rotatable bonds is 0. The minimum atomic E-state index is -0.810. The molecule has 28 heavy (non-hydrogen) atoms. The number of nitrogens with two attached hydrogens (primary N) is 1. The first-order valence-electron chi connectivity index (χ1n) is 9.38. The number of phenols is 2. The summed E-state index contributed by atoms with van der Waals surface area (Å²) in [6.07, 6.45) is 0. The van der Waals surface area contributed by atoms with Crippen LogP contribution in [-0.4, -0.2) is 28.1 Å². The predicted molar refractivity (Wildman–Crippen MR) is 108 cm³/mol. The Morgan fingerprint density at radius 1 is 0.929 bits per heavy atom. The average molecular weight is 377 g/mol. The highest BCUT2D eigenvalue weighted by molar-refractivity contribution is 6.14. The summed E-state index contributed by atoms with van der Waals surface area (Å²) in [4.78, 5) is 10.0. The number of ether oxygens (including phenoxy) is 1. The van der Waals surface area contributed by atoms with Crippen molar-refractivity contribution < 1.29 is 14.9 Å². The van der Waals surface area contributed by atoms with E-state index in [1.807, 2.05) is 19.9 Å². The Bertz CT molecular complexity index is 1290. The van der Waals surface area contributed by atoms with Gasteiger partial charge in [0.2, 0.25) is 0 Å². The number of anilines is 1. The van der Waals surface area contributed by atoms with E-state index in [0.29, 0.717) is 44.6 Å². The van der Waals surface area contributed by atoms with Crippen molar-refractivity contribution in [3.05, 3.63) is 41.0 Å². The van der Waals surface area contributed by atoms with Gasteiger partial charge in [-0.05, 0) is 32.0 Å². The molecule has 2 heterocycles. The van der Waals surface area contributed by atoms with Crippen LogP contribution in [-0.2, 0) is 4.74 Å². The highest BCUT2D eigenvalue weighted by Crippen LogP contribution is 2.52. The molecule has 2 aliphatic rings. The maximum absolute atomic E-state index is 11.1. The normalized spacial score (nSPS) is 24.4. The average Bonchev–Trinajstić information content (AvgIpc) is 3.12. The standard InChI is InChI=1S/C22H23N3O3/c1-20(2)10-28-21(3,4)22(20)24-14-9-8-12-16(17(14)25-22)19(27)15-11(18(12)26)6-5-7-13(15)23/h5-9,26-27H,10,23H2,1-4H3. The predicted octanol–water partition coefficient (Wildman–Crippen LogP) is 2.77. The lowest BCUT2D eigenvalue weighted by molar-refractivity contribution is 0.00279. The first-order valence-corrected chi connectivity index (χ1v) is 9.38. The van der Waals surface area contributed by atoms with E-state index in [9.17, 15) is 10.2 Å². The zero-order chi connectivity index (χ0) is 20.1. The molecule has 6 nitrogen and oxygen atoms in total. The van der Waals surface area contributed by atoms with Crippen LogP contribution in [0, 0.1) is 5.41 Å². The summed E-state index contributed by atoms with van der Waals surface area (Å²) in [5.74, 6) is 0.0959. The molecule has 3 aromatic rings. The summed E-state index contributed by atoms with van der Waals surface area (Å²) < 4.78 is 6.06. The SMILES string of the molecule is CC1(C)COC(C)(C)C12N=c1ccc3c(O)c4cccc(N)c4c(O)c3c1=N2. The number of aromatic hydroxyl groups is 2. The zero-order valence-corrected chi connectivity index (χ0v) is 16.4. The molecule has 3 aromatic carbocycles. The third kappa shape index (κ3) is 1.81. The van der Waals surface area contributed by atoms with Gasteiger partial charge in [0.05, 0.1) is 28.1 Å². The maximum atomic E-state index is 11.1. The Kier molecular flexibility index (Phi) is 3.05. The van der Waals surface area contributed by atoms with Crippen molar-refractivity contribution in [1.82, 2.24) is 0 Å². The topological polar surface area (TPSA) is 100 Å². The van der Waals surface area contributed by atoms with E-state index in [2.05, 4.69) is 13.8 Å². The molecular formula is C22H23N3O3. The largest absolute Gasteiger partial charge is 0.507 e. The molecular weight excluding hydrogens is 354 g/mol. The van der Waals surface area contributed by atoms with E-state index in [1.54, 1.807) is 24.3 Å². The molecule has 4 N–H and O–H groups in total. The second-order valence-electron chi connectivity index (χ2n) is 8.90. The van der Waals surface area contributed by atoms with Gasteiger partial charge >= 0.3 is 0 Å². The van der Waals surface area contributed by atoms with Crippen LogP contribution < -0.4 is 16.4 Å². The van der Waals surface area contributed by atoms with Crippen molar-refractivity contribution in [2.75, 3.05) is 12.3 Å². The van der Waals surface area contributed by atoms with E-state index in [-0.39, 0.29) is 16.9 Å². The van der Waals surface area contributed by atoms with Gasteiger partial charge in [-0.2, -0.15) is 0 Å². The van der Waals surface area contributed by atoms with Crippen LogP contribution in [0.3, 0.4) is 0 Å². The summed E-state index contributed by atoms with van der Waals surface area (Å²) in [6, 6.07) is 8.83. The Morgan fingerprint density at radius 2 is 1.64 bits per heavy atom. The fourth-order valence-electron chi connectivity index (χ4n) is 4.83. The molecule has 1 atom stereocenters. The molecule has 144 valence electrons. The van der Waals surface area contributed by atoms with Crippen LogP contribution in [0.1, 0.15) is 27.7 Å². The lowest BCUT2D eigenvalue weighted by Crippen LogP contribution is -2.50. The smallest absolute Gasteiger partial charge is 0.186 e. The van der Waals surface area contributed by atoms with Gasteiger partial charge in [0.1, 0.15) is 17.1 Å². The number of fused-ring (bicyclic) bond motifs is 4. The lowest BCUT2D eigenvalue weighted by atomic mass is 9.74. The lowest BCUT2D eigenvalue weighted by Gasteiger charge is -2.38. The highest BCUT2D eigenvalue weighted by Gasteiger charge is 2.63. The maximum Gasteiger partial charge on any atom is 0.186 e. The molecule has 0 saturated carbocycles. The minimum Gasteiger partial charge on any atom is -0.507 e. The summed E-state index contributed by atoms with van der Waals surface area (Å²) in [5, 5.41) is 25.2. The second kappa shape index (κ2) is 4.94. The molecule has 2 aliphatic heterocycles. The Morgan fingerprint density at radius 3 is 2.32 bits per heavy atom. The van der Waals surface area contributed by atoms with Crippen molar-refractivity contribution in [3.8, 4) is 11.5 Å². The zero-order valence-electron chi connectivity index (χ0n) is 16.4. The molecule has 0 bridgehead atoms. The Hall–Kier alpha value is -2.86. The monoisotopic (exact) mass is 377 g/mol. The number of hydrogen-bond donors (Lipinski definition) is 3. The van der Waals surface area contributed by atoms with E-state index in [1.165, 1.54) is 0 Å². The molecule has 5 rings (SSSR count). The number of nitrogen functional groups attached to an aromatic ring is 1. The van der Waals surface area contributed by atoms with E-state index in [0.717, 1.165) is 0 Å². The molecule has 0 aliphatic carbocycles. The van der Waals surface area contributed by atoms with E-state index in [4.69, 9.17) is 20.5 Å². The van der Waals surface area contributed by atoms with Gasteiger partial charge in [-0.15, -0.1) is 0 Å². The van der Waals surface area contributed by atoms with Gasteiger partial charge in [-0.1, -0.05) is 26.0 Å². The highest BCUT2D eigenvalue weighted by atomic mass is 16.5. The molecule has 0 aromatic heterocycles. The second-order valence-corrected chi connectivity index (χ2v) is 8.90. The summed E-state index contributed by atoms with van der Waals surface area (Å²) >= 11 is 0. The molecule has 0 radical (unpaired) electrons. The van der Waals surface area contributed by atoms with Crippen LogP contribution in [0.15, 0.2) is 40.3 Å². The van der Waals surface area contributed by atoms with Crippen molar-refractivity contribution in [2.24, 2.45) is 15.4 Å². The van der Waals surface area contributed by atoms with Gasteiger partial charge in [-0.25, -0.2) is 9.98 Å². The fourth-order valence-corrected chi connectivity index (χ4v) is 4.83. The van der Waals surface area contributed by atoms with Gasteiger partial charge in [0, 0.05) is 21.9 Å². The molecule has 1 fully saturated rings. The summed E-state index contributed by atoms with van der Waals surface area (Å²) in [6.45, 7) is 8.70. The first-order chi connectivity index (χ1) is 13.1. The van der Waals surface area contributed by atoms with Crippen LogP contribution in [0.5, 0.6) is 11.5 Å². The fraction of sp³-hybridized carbons (Fsp3) is 0.364. The number of benzene rings is 3. The minimum absolute atomic E-state index is 0.0169. The number of nitrogens with zero attached hydrogens (tertiary/aromatic N) is 2. The Balaban J connectivity index is 2.00. The number of hydrogen-bond acceptors (Lipinski definition) is 6. The van der Waals surface area contributed by atoms with Crippen LogP contribution in [0.4, 0.5) is 5.69 Å². The molecule has 1 saturated heterocycles. The summed E-state index contributed by atoms with van der Waals surface area (Å²) in [5.41, 5.74) is 4.79. The van der Waals surface area contributed by atoms with Crippen LogP contribution in [0.2, 0.25) is 0 Å². The molecule has 0 amide bonds. The van der Waals surface area contributed by atoms with Crippen molar-refractivity contribution in [3.63, 3.8) is 0 Å². The number of phenolic OH excluding ortho intramolecular Hbond substituents is 2. The van der Waals surface area contributed by atoms with Gasteiger partial charge < -0.3 is 20.7 Å². The molecule has 1 spiro atoms. The van der Waals surface area contributed by atoms with Crippen molar-refractivity contribution in [2.45, 2.75) is 39.0 Å². The van der Waals surface area contributed by atoms with Gasteiger partial charge in [-0.3, -0.25) is 0 Å². The van der Waals surface area contributed by atoms with E-state index >= 15 is 0 Å². The quantitative estimate of drug-likeness (QED) is 0.319.